The van der Waals surface area contributed by atoms with Gasteiger partial charge in [-0.15, -0.1) is 0 Å². The minimum absolute atomic E-state index is 0.0388. The van der Waals surface area contributed by atoms with E-state index in [-0.39, 0.29) is 37.6 Å². The van der Waals surface area contributed by atoms with Gasteiger partial charge in [0, 0.05) is 37.3 Å². The van der Waals surface area contributed by atoms with Gasteiger partial charge in [0.25, 0.3) is 11.8 Å². The second-order valence-electron chi connectivity index (χ2n) is 6.17. The van der Waals surface area contributed by atoms with Crippen LogP contribution in [0.2, 0.25) is 0 Å². The zero-order valence-corrected chi connectivity index (χ0v) is 14.2. The van der Waals surface area contributed by atoms with Crippen LogP contribution < -0.4 is 0 Å². The molecule has 0 N–H and O–H groups in total. The Balaban J connectivity index is 1.64. The van der Waals surface area contributed by atoms with Gasteiger partial charge < -0.3 is 9.80 Å². The number of piperazine rings is 1. The van der Waals surface area contributed by atoms with E-state index in [2.05, 4.69) is 0 Å². The van der Waals surface area contributed by atoms with E-state index in [1.165, 1.54) is 46.2 Å². The molecule has 1 fully saturated rings. The van der Waals surface area contributed by atoms with Crippen molar-refractivity contribution < 1.29 is 27.2 Å². The summed E-state index contributed by atoms with van der Waals surface area (Å²) in [6.07, 6.45) is -4.52. The number of hydrogen-bond acceptors (Lipinski definition) is 2. The largest absolute Gasteiger partial charge is 0.416 e. The Hall–Kier alpha value is -2.90. The van der Waals surface area contributed by atoms with E-state index in [0.717, 1.165) is 12.1 Å². The fraction of sp³-hybridized carbons (Fsp3) is 0.263. The lowest BCUT2D eigenvalue weighted by Crippen LogP contribution is -2.50. The van der Waals surface area contributed by atoms with Crippen molar-refractivity contribution in [1.29, 1.82) is 0 Å². The molecule has 1 saturated heterocycles. The van der Waals surface area contributed by atoms with Crippen LogP contribution >= 0.6 is 0 Å². The van der Waals surface area contributed by atoms with Crippen molar-refractivity contribution in [1.82, 2.24) is 9.80 Å². The van der Waals surface area contributed by atoms with Crippen molar-refractivity contribution >= 4 is 11.8 Å². The fourth-order valence-electron chi connectivity index (χ4n) is 2.90. The molecule has 2 amide bonds. The van der Waals surface area contributed by atoms with Crippen LogP contribution in [0.1, 0.15) is 26.3 Å². The summed E-state index contributed by atoms with van der Waals surface area (Å²) < 4.78 is 51.4. The van der Waals surface area contributed by atoms with E-state index in [4.69, 9.17) is 0 Å². The molecule has 0 bridgehead atoms. The van der Waals surface area contributed by atoms with Gasteiger partial charge in [-0.25, -0.2) is 4.39 Å². The van der Waals surface area contributed by atoms with Gasteiger partial charge in [0.1, 0.15) is 5.82 Å². The Bertz CT molecular complexity index is 842. The third kappa shape index (κ3) is 4.27. The molecule has 0 spiro atoms. The highest BCUT2D eigenvalue weighted by Gasteiger charge is 2.32. The Kier molecular flexibility index (Phi) is 5.16. The molecule has 3 rings (SSSR count). The lowest BCUT2D eigenvalue weighted by molar-refractivity contribution is -0.137. The van der Waals surface area contributed by atoms with Crippen LogP contribution in [0.5, 0.6) is 0 Å². The number of halogens is 4. The van der Waals surface area contributed by atoms with Gasteiger partial charge >= 0.3 is 6.18 Å². The summed E-state index contributed by atoms with van der Waals surface area (Å²) in [6, 6.07) is 9.45. The molecule has 27 heavy (non-hydrogen) atoms. The number of hydrogen-bond donors (Lipinski definition) is 0. The lowest BCUT2D eigenvalue weighted by Gasteiger charge is -2.35. The lowest BCUT2D eigenvalue weighted by atomic mass is 10.1. The predicted molar refractivity (Wildman–Crippen MR) is 89.7 cm³/mol. The molecule has 142 valence electrons. The molecular weight excluding hydrogens is 364 g/mol. The first-order valence-electron chi connectivity index (χ1n) is 8.27. The standard InChI is InChI=1S/C19H16F4N2O2/c20-16-6-4-13(5-7-16)17(26)24-8-10-25(11-9-24)18(27)14-2-1-3-15(12-14)19(21,22)23/h1-7,12H,8-11H2. The van der Waals surface area contributed by atoms with Crippen molar-refractivity contribution in [2.24, 2.45) is 0 Å². The second kappa shape index (κ2) is 7.38. The number of carbonyl (C=O) groups excluding carboxylic acids is 2. The van der Waals surface area contributed by atoms with Crippen molar-refractivity contribution in [2.75, 3.05) is 26.2 Å². The summed E-state index contributed by atoms with van der Waals surface area (Å²) in [5.41, 5.74) is -0.573. The molecule has 1 heterocycles. The number of amides is 2. The molecule has 2 aromatic rings. The zero-order valence-electron chi connectivity index (χ0n) is 14.2. The van der Waals surface area contributed by atoms with Crippen LogP contribution in [0.15, 0.2) is 48.5 Å². The molecule has 0 atom stereocenters. The van der Waals surface area contributed by atoms with Crippen LogP contribution in [0.25, 0.3) is 0 Å². The molecule has 4 nitrogen and oxygen atoms in total. The van der Waals surface area contributed by atoms with Crippen LogP contribution in [0.3, 0.4) is 0 Å². The average Bonchev–Trinajstić information content (AvgIpc) is 2.67. The van der Waals surface area contributed by atoms with Gasteiger partial charge in [-0.2, -0.15) is 13.2 Å². The van der Waals surface area contributed by atoms with E-state index in [9.17, 15) is 27.2 Å². The molecule has 2 aromatic carbocycles. The molecular formula is C19H16F4N2O2. The van der Waals surface area contributed by atoms with E-state index >= 15 is 0 Å². The highest BCUT2D eigenvalue weighted by atomic mass is 19.4. The molecule has 0 aliphatic carbocycles. The summed E-state index contributed by atoms with van der Waals surface area (Å²) in [6.45, 7) is 0.922. The Morgan fingerprint density at radius 3 is 1.81 bits per heavy atom. The summed E-state index contributed by atoms with van der Waals surface area (Å²) in [7, 11) is 0. The maximum Gasteiger partial charge on any atom is 0.416 e. The van der Waals surface area contributed by atoms with Gasteiger partial charge in [0.2, 0.25) is 0 Å². The van der Waals surface area contributed by atoms with E-state index < -0.39 is 23.5 Å². The highest BCUT2D eigenvalue weighted by molar-refractivity contribution is 5.96. The maximum atomic E-state index is 13.0. The molecule has 8 heteroatoms. The average molecular weight is 380 g/mol. The molecule has 1 aliphatic rings. The summed E-state index contributed by atoms with van der Waals surface area (Å²) in [4.78, 5) is 27.8. The fourth-order valence-corrected chi connectivity index (χ4v) is 2.90. The zero-order chi connectivity index (χ0) is 19.6. The smallest absolute Gasteiger partial charge is 0.335 e. The SMILES string of the molecule is O=C(c1ccc(F)cc1)N1CCN(C(=O)c2cccc(C(F)(F)F)c2)CC1. The topological polar surface area (TPSA) is 40.6 Å². The first kappa shape index (κ1) is 18.9. The van der Waals surface area contributed by atoms with Crippen molar-refractivity contribution in [3.8, 4) is 0 Å². The van der Waals surface area contributed by atoms with E-state index in [0.29, 0.717) is 5.56 Å². The number of carbonyl (C=O) groups is 2. The van der Waals surface area contributed by atoms with Gasteiger partial charge in [-0.1, -0.05) is 6.07 Å². The minimum atomic E-state index is -4.52. The minimum Gasteiger partial charge on any atom is -0.335 e. The van der Waals surface area contributed by atoms with E-state index in [1.54, 1.807) is 0 Å². The van der Waals surface area contributed by atoms with E-state index in [1.807, 2.05) is 0 Å². The Morgan fingerprint density at radius 1 is 0.778 bits per heavy atom. The molecule has 0 radical (unpaired) electrons. The van der Waals surface area contributed by atoms with Gasteiger partial charge in [0.05, 0.1) is 5.56 Å². The Morgan fingerprint density at radius 2 is 1.30 bits per heavy atom. The van der Waals surface area contributed by atoms with Crippen molar-refractivity contribution in [3.63, 3.8) is 0 Å². The molecule has 0 aromatic heterocycles. The molecule has 0 unspecified atom stereocenters. The third-order valence-electron chi connectivity index (χ3n) is 4.38. The predicted octanol–water partition coefficient (Wildman–Crippen LogP) is 3.44. The van der Waals surface area contributed by atoms with Crippen LogP contribution in [0.4, 0.5) is 17.6 Å². The highest BCUT2D eigenvalue weighted by Crippen LogP contribution is 2.29. The van der Waals surface area contributed by atoms with Crippen molar-refractivity contribution in [2.45, 2.75) is 6.18 Å². The maximum absolute atomic E-state index is 13.0. The monoisotopic (exact) mass is 380 g/mol. The summed E-state index contributed by atoms with van der Waals surface area (Å²) in [5, 5.41) is 0. The third-order valence-corrected chi connectivity index (χ3v) is 4.38. The number of alkyl halides is 3. The number of nitrogens with zero attached hydrogens (tertiary/aromatic N) is 2. The Labute approximate surface area is 153 Å². The second-order valence-corrected chi connectivity index (χ2v) is 6.17. The summed E-state index contributed by atoms with van der Waals surface area (Å²) >= 11 is 0. The molecule has 1 aliphatic heterocycles. The number of benzene rings is 2. The first-order valence-corrected chi connectivity index (χ1v) is 8.27. The van der Waals surface area contributed by atoms with Gasteiger partial charge in [0.15, 0.2) is 0 Å². The van der Waals surface area contributed by atoms with Gasteiger partial charge in [-0.05, 0) is 42.5 Å². The van der Waals surface area contributed by atoms with Crippen LogP contribution in [0, 0.1) is 5.82 Å². The number of rotatable bonds is 2. The molecule has 0 saturated carbocycles. The quantitative estimate of drug-likeness (QED) is 0.749. The van der Waals surface area contributed by atoms with Crippen LogP contribution in [-0.2, 0) is 6.18 Å². The normalized spacial score (nSPS) is 15.0. The summed E-state index contributed by atoms with van der Waals surface area (Å²) in [5.74, 6) is -1.22. The van der Waals surface area contributed by atoms with Crippen LogP contribution in [-0.4, -0.2) is 47.8 Å². The van der Waals surface area contributed by atoms with Gasteiger partial charge in [-0.3, -0.25) is 9.59 Å². The first-order chi connectivity index (χ1) is 12.8. The van der Waals surface area contributed by atoms with Crippen molar-refractivity contribution in [3.05, 3.63) is 71.0 Å².